The van der Waals surface area contributed by atoms with Crippen LogP contribution in [0.2, 0.25) is 0 Å². The van der Waals surface area contributed by atoms with Crippen LogP contribution in [-0.4, -0.2) is 42.3 Å². The van der Waals surface area contributed by atoms with Gasteiger partial charge in [0, 0.05) is 12.6 Å². The number of nitrogens with zero attached hydrogens (tertiary/aromatic N) is 1. The highest BCUT2D eigenvalue weighted by Crippen LogP contribution is 2.31. The minimum atomic E-state index is -0.552. The van der Waals surface area contributed by atoms with Gasteiger partial charge in [-0.05, 0) is 44.7 Å². The Morgan fingerprint density at radius 3 is 2.46 bits per heavy atom. The first-order valence-corrected chi connectivity index (χ1v) is 8.16. The molecule has 0 aromatic heterocycles. The number of benzene rings is 1. The second kappa shape index (κ2) is 7.51. The van der Waals surface area contributed by atoms with Crippen molar-refractivity contribution in [1.29, 1.82) is 0 Å². The molecular formula is C19H25NO4. The highest BCUT2D eigenvalue weighted by Gasteiger charge is 2.35. The zero-order chi connectivity index (χ0) is 17.7. The predicted octanol–water partition coefficient (Wildman–Crippen LogP) is 3.64. The second-order valence-electron chi connectivity index (χ2n) is 6.82. The number of hydrogen-bond acceptors (Lipinski definition) is 4. The fourth-order valence-electron chi connectivity index (χ4n) is 2.82. The van der Waals surface area contributed by atoms with Crippen molar-refractivity contribution < 1.29 is 19.1 Å². The minimum Gasteiger partial charge on any atom is -0.466 e. The van der Waals surface area contributed by atoms with Gasteiger partial charge in [-0.3, -0.25) is 0 Å². The average Bonchev–Trinajstić information content (AvgIpc) is 3.01. The summed E-state index contributed by atoms with van der Waals surface area (Å²) in [4.78, 5) is 26.0. The summed E-state index contributed by atoms with van der Waals surface area (Å²) >= 11 is 0. The van der Waals surface area contributed by atoms with Crippen LogP contribution in [0.25, 0.3) is 5.57 Å². The van der Waals surface area contributed by atoms with Crippen LogP contribution in [0.4, 0.5) is 4.79 Å². The summed E-state index contributed by atoms with van der Waals surface area (Å²) in [6, 6.07) is 9.40. The molecule has 1 fully saturated rings. The summed E-state index contributed by atoms with van der Waals surface area (Å²) < 4.78 is 10.3. The van der Waals surface area contributed by atoms with Gasteiger partial charge in [0.1, 0.15) is 5.60 Å². The molecule has 1 aliphatic rings. The molecule has 5 nitrogen and oxygen atoms in total. The minimum absolute atomic E-state index is 0.193. The lowest BCUT2D eigenvalue weighted by Crippen LogP contribution is -2.40. The van der Waals surface area contributed by atoms with Crippen molar-refractivity contribution in [3.05, 3.63) is 42.0 Å². The number of amides is 1. The van der Waals surface area contributed by atoms with Gasteiger partial charge in [0.05, 0.1) is 13.2 Å². The van der Waals surface area contributed by atoms with Crippen LogP contribution in [0.3, 0.4) is 0 Å². The van der Waals surface area contributed by atoms with Crippen molar-refractivity contribution in [3.63, 3.8) is 0 Å². The van der Waals surface area contributed by atoms with E-state index in [1.54, 1.807) is 4.90 Å². The molecule has 0 bridgehead atoms. The standard InChI is InChI=1S/C19H25NO4/c1-19(2,3)24-18(22)20-12-8-11-16(20)15(13-17(21)23-4)14-9-6-5-7-10-14/h5-7,9-10,13,16H,8,11-12H2,1-4H3/b15-13-. The molecule has 1 aromatic carbocycles. The Kier molecular flexibility index (Phi) is 5.65. The maximum absolute atomic E-state index is 12.5. The highest BCUT2D eigenvalue weighted by atomic mass is 16.6. The molecule has 130 valence electrons. The third-order valence-electron chi connectivity index (χ3n) is 3.82. The van der Waals surface area contributed by atoms with Crippen molar-refractivity contribution in [3.8, 4) is 0 Å². The van der Waals surface area contributed by atoms with Crippen LogP contribution < -0.4 is 0 Å². The van der Waals surface area contributed by atoms with Crippen molar-refractivity contribution in [2.24, 2.45) is 0 Å². The highest BCUT2D eigenvalue weighted by molar-refractivity contribution is 5.93. The van der Waals surface area contributed by atoms with Crippen LogP contribution in [-0.2, 0) is 14.3 Å². The topological polar surface area (TPSA) is 55.8 Å². The summed E-state index contributed by atoms with van der Waals surface area (Å²) in [5, 5.41) is 0. The summed E-state index contributed by atoms with van der Waals surface area (Å²) in [6.07, 6.45) is 2.78. The molecule has 0 N–H and O–H groups in total. The predicted molar refractivity (Wildman–Crippen MR) is 92.4 cm³/mol. The number of methoxy groups -OCH3 is 1. The number of carbonyl (C=O) groups is 2. The molecule has 1 amide bonds. The average molecular weight is 331 g/mol. The van der Waals surface area contributed by atoms with E-state index in [2.05, 4.69) is 0 Å². The number of ether oxygens (including phenoxy) is 2. The van der Waals surface area contributed by atoms with E-state index in [1.807, 2.05) is 51.1 Å². The Morgan fingerprint density at radius 1 is 1.21 bits per heavy atom. The zero-order valence-electron chi connectivity index (χ0n) is 14.7. The van der Waals surface area contributed by atoms with Crippen LogP contribution in [0, 0.1) is 0 Å². The molecule has 0 aliphatic carbocycles. The first kappa shape index (κ1) is 18.0. The van der Waals surface area contributed by atoms with E-state index in [1.165, 1.54) is 13.2 Å². The van der Waals surface area contributed by atoms with Gasteiger partial charge < -0.3 is 14.4 Å². The van der Waals surface area contributed by atoms with E-state index in [0.29, 0.717) is 6.54 Å². The second-order valence-corrected chi connectivity index (χ2v) is 6.82. The quantitative estimate of drug-likeness (QED) is 0.627. The van der Waals surface area contributed by atoms with Gasteiger partial charge in [0.2, 0.25) is 0 Å². The summed E-state index contributed by atoms with van der Waals surface area (Å²) in [5.74, 6) is -0.426. The van der Waals surface area contributed by atoms with Crippen LogP contribution in [0.5, 0.6) is 0 Å². The summed E-state index contributed by atoms with van der Waals surface area (Å²) in [5.41, 5.74) is 1.14. The van der Waals surface area contributed by atoms with Gasteiger partial charge in [-0.2, -0.15) is 0 Å². The van der Waals surface area contributed by atoms with Gasteiger partial charge in [-0.15, -0.1) is 0 Å². The van der Waals surface area contributed by atoms with E-state index in [-0.39, 0.29) is 12.1 Å². The lowest BCUT2D eigenvalue weighted by atomic mass is 9.96. The zero-order valence-corrected chi connectivity index (χ0v) is 14.7. The summed E-state index contributed by atoms with van der Waals surface area (Å²) in [6.45, 7) is 6.15. The molecule has 1 atom stereocenters. The molecule has 0 spiro atoms. The van der Waals surface area contributed by atoms with Gasteiger partial charge >= 0.3 is 12.1 Å². The fraction of sp³-hybridized carbons (Fsp3) is 0.474. The normalized spacial score (nSPS) is 18.4. The van der Waals surface area contributed by atoms with E-state index in [0.717, 1.165) is 24.0 Å². The number of esters is 1. The Bertz CT molecular complexity index is 616. The Hall–Kier alpha value is -2.30. The Balaban J connectivity index is 2.33. The molecule has 1 saturated heterocycles. The molecule has 1 unspecified atom stereocenters. The molecule has 24 heavy (non-hydrogen) atoms. The van der Waals surface area contributed by atoms with E-state index in [4.69, 9.17) is 9.47 Å². The van der Waals surface area contributed by atoms with E-state index < -0.39 is 11.6 Å². The molecule has 5 heteroatoms. The Morgan fingerprint density at radius 2 is 1.88 bits per heavy atom. The van der Waals surface area contributed by atoms with Gasteiger partial charge in [0.25, 0.3) is 0 Å². The Labute approximate surface area is 143 Å². The summed E-state index contributed by atoms with van der Waals surface area (Å²) in [7, 11) is 1.35. The third-order valence-corrected chi connectivity index (χ3v) is 3.82. The number of carbonyl (C=O) groups excluding carboxylic acids is 2. The molecule has 0 saturated carbocycles. The number of hydrogen-bond donors (Lipinski definition) is 0. The van der Waals surface area contributed by atoms with Gasteiger partial charge in [-0.25, -0.2) is 9.59 Å². The van der Waals surface area contributed by atoms with Crippen LogP contribution >= 0.6 is 0 Å². The van der Waals surface area contributed by atoms with Gasteiger partial charge in [0.15, 0.2) is 0 Å². The first-order chi connectivity index (χ1) is 11.3. The van der Waals surface area contributed by atoms with Crippen LogP contribution in [0.15, 0.2) is 36.4 Å². The lowest BCUT2D eigenvalue weighted by Gasteiger charge is -2.30. The van der Waals surface area contributed by atoms with E-state index in [9.17, 15) is 9.59 Å². The third kappa shape index (κ3) is 4.60. The molecule has 0 radical (unpaired) electrons. The maximum atomic E-state index is 12.5. The smallest absolute Gasteiger partial charge is 0.410 e. The number of likely N-dealkylation sites (tertiary alicyclic amines) is 1. The molecule has 2 rings (SSSR count). The molecule has 1 heterocycles. The fourth-order valence-corrected chi connectivity index (χ4v) is 2.82. The molecule has 1 aromatic rings. The monoisotopic (exact) mass is 331 g/mol. The van der Waals surface area contributed by atoms with Crippen molar-refractivity contribution in [2.45, 2.75) is 45.3 Å². The molecular weight excluding hydrogens is 306 g/mol. The van der Waals surface area contributed by atoms with Crippen LogP contribution in [0.1, 0.15) is 39.2 Å². The maximum Gasteiger partial charge on any atom is 0.410 e. The van der Waals surface area contributed by atoms with E-state index >= 15 is 0 Å². The van der Waals surface area contributed by atoms with Crippen molar-refractivity contribution in [1.82, 2.24) is 4.90 Å². The largest absolute Gasteiger partial charge is 0.466 e. The molecule has 1 aliphatic heterocycles. The SMILES string of the molecule is COC(=O)/C=C(/c1ccccc1)C1CCCN1C(=O)OC(C)(C)C. The van der Waals surface area contributed by atoms with Crippen molar-refractivity contribution >= 4 is 17.6 Å². The van der Waals surface area contributed by atoms with Gasteiger partial charge in [-0.1, -0.05) is 30.3 Å². The lowest BCUT2D eigenvalue weighted by molar-refractivity contribution is -0.134. The number of rotatable bonds is 3. The first-order valence-electron chi connectivity index (χ1n) is 8.16. The van der Waals surface area contributed by atoms with Crippen molar-refractivity contribution in [2.75, 3.05) is 13.7 Å².